The van der Waals surface area contributed by atoms with Crippen molar-refractivity contribution in [2.24, 2.45) is 5.92 Å². The zero-order valence-electron chi connectivity index (χ0n) is 13.8. The zero-order valence-corrected chi connectivity index (χ0v) is 13.8. The van der Waals surface area contributed by atoms with Crippen LogP contribution in [0.2, 0.25) is 0 Å². The first-order valence-corrected chi connectivity index (χ1v) is 8.88. The highest BCUT2D eigenvalue weighted by Gasteiger charge is 2.53. The maximum absolute atomic E-state index is 13.6. The van der Waals surface area contributed by atoms with Crippen molar-refractivity contribution in [1.29, 1.82) is 0 Å². The molecule has 1 heterocycles. The number of nitrogens with zero attached hydrogens (tertiary/aromatic N) is 2. The fraction of sp³-hybridized carbons (Fsp3) is 0.632. The van der Waals surface area contributed by atoms with Crippen molar-refractivity contribution in [3.63, 3.8) is 0 Å². The summed E-state index contributed by atoms with van der Waals surface area (Å²) in [5.41, 5.74) is 0.412. The van der Waals surface area contributed by atoms with Crippen molar-refractivity contribution in [3.05, 3.63) is 35.6 Å². The summed E-state index contributed by atoms with van der Waals surface area (Å²) in [6, 6.07) is 7.38. The van der Waals surface area contributed by atoms with Gasteiger partial charge in [0.25, 0.3) is 0 Å². The van der Waals surface area contributed by atoms with Gasteiger partial charge >= 0.3 is 0 Å². The predicted octanol–water partition coefficient (Wildman–Crippen LogP) is 2.80. The van der Waals surface area contributed by atoms with E-state index in [0.29, 0.717) is 5.92 Å². The summed E-state index contributed by atoms with van der Waals surface area (Å²) >= 11 is 0. The average Bonchev–Trinajstić information content (AvgIpc) is 3.40. The summed E-state index contributed by atoms with van der Waals surface area (Å²) in [6.45, 7) is 5.97. The Labute approximate surface area is 137 Å². The molecule has 1 aromatic carbocycles. The lowest BCUT2D eigenvalue weighted by Crippen LogP contribution is -2.42. The van der Waals surface area contributed by atoms with Gasteiger partial charge in [0.05, 0.1) is 5.41 Å². The number of carbonyl (C=O) groups excluding carboxylic acids is 1. The van der Waals surface area contributed by atoms with Crippen LogP contribution in [0.5, 0.6) is 0 Å². The van der Waals surface area contributed by atoms with Crippen LogP contribution >= 0.6 is 0 Å². The highest BCUT2D eigenvalue weighted by molar-refractivity contribution is 5.91. The second-order valence-electron chi connectivity index (χ2n) is 7.67. The average molecular weight is 316 g/mol. The van der Waals surface area contributed by atoms with Crippen molar-refractivity contribution in [1.82, 2.24) is 9.80 Å². The molecule has 124 valence electrons. The molecule has 23 heavy (non-hydrogen) atoms. The van der Waals surface area contributed by atoms with E-state index in [0.717, 1.165) is 50.6 Å². The molecule has 0 bridgehead atoms. The van der Waals surface area contributed by atoms with Crippen LogP contribution in [0, 0.1) is 11.7 Å². The molecular formula is C19H25FN2O. The lowest BCUT2D eigenvalue weighted by molar-refractivity contribution is -0.134. The number of halogens is 1. The molecule has 1 saturated heterocycles. The molecule has 1 unspecified atom stereocenters. The summed E-state index contributed by atoms with van der Waals surface area (Å²) in [6.07, 6.45) is 4.33. The quantitative estimate of drug-likeness (QED) is 0.856. The van der Waals surface area contributed by atoms with Crippen molar-refractivity contribution < 1.29 is 9.18 Å². The van der Waals surface area contributed by atoms with Gasteiger partial charge < -0.3 is 4.90 Å². The first-order chi connectivity index (χ1) is 11.1. The first kappa shape index (κ1) is 15.1. The minimum Gasteiger partial charge on any atom is -0.340 e. The van der Waals surface area contributed by atoms with E-state index in [2.05, 4.69) is 11.8 Å². The molecule has 3 aliphatic rings. The lowest BCUT2D eigenvalue weighted by Gasteiger charge is -2.27. The van der Waals surface area contributed by atoms with Crippen LogP contribution in [0.15, 0.2) is 24.3 Å². The summed E-state index contributed by atoms with van der Waals surface area (Å²) in [4.78, 5) is 17.8. The zero-order chi connectivity index (χ0) is 16.0. The number of hydrogen-bond acceptors (Lipinski definition) is 2. The van der Waals surface area contributed by atoms with Crippen molar-refractivity contribution in [3.8, 4) is 0 Å². The van der Waals surface area contributed by atoms with E-state index in [9.17, 15) is 9.18 Å². The normalized spacial score (nSPS) is 27.6. The minimum absolute atomic E-state index is 0.215. The van der Waals surface area contributed by atoms with Crippen LogP contribution < -0.4 is 0 Å². The van der Waals surface area contributed by atoms with Crippen molar-refractivity contribution >= 4 is 5.91 Å². The third-order valence-electron chi connectivity index (χ3n) is 5.62. The molecule has 0 spiro atoms. The van der Waals surface area contributed by atoms with Crippen LogP contribution in [0.3, 0.4) is 0 Å². The minimum atomic E-state index is -0.448. The molecule has 1 amide bonds. The Balaban J connectivity index is 1.51. The van der Waals surface area contributed by atoms with E-state index >= 15 is 0 Å². The number of hydrogen-bond donors (Lipinski definition) is 0. The maximum atomic E-state index is 13.6. The van der Waals surface area contributed by atoms with Crippen molar-refractivity contribution in [2.75, 3.05) is 26.2 Å². The fourth-order valence-electron chi connectivity index (χ4n) is 4.06. The van der Waals surface area contributed by atoms with E-state index < -0.39 is 5.41 Å². The molecule has 2 saturated carbocycles. The lowest BCUT2D eigenvalue weighted by atomic mass is 9.94. The van der Waals surface area contributed by atoms with Gasteiger partial charge in [-0.15, -0.1) is 0 Å². The third kappa shape index (κ3) is 2.89. The topological polar surface area (TPSA) is 23.6 Å². The second-order valence-corrected chi connectivity index (χ2v) is 7.67. The summed E-state index contributed by atoms with van der Waals surface area (Å²) in [5.74, 6) is 0.476. The molecule has 2 aliphatic carbocycles. The van der Waals surface area contributed by atoms with Gasteiger partial charge in [0.15, 0.2) is 0 Å². The molecule has 0 N–H and O–H groups in total. The van der Waals surface area contributed by atoms with E-state index in [-0.39, 0.29) is 11.7 Å². The predicted molar refractivity (Wildman–Crippen MR) is 87.7 cm³/mol. The Bertz CT molecular complexity index is 609. The van der Waals surface area contributed by atoms with E-state index in [1.807, 2.05) is 11.0 Å². The number of rotatable bonds is 3. The van der Waals surface area contributed by atoms with E-state index in [4.69, 9.17) is 0 Å². The SMILES string of the molecule is CC1CN(C(=O)C2(c3cccc(F)c3)CC2)CCN(C2CC2)C1. The molecule has 1 aromatic rings. The monoisotopic (exact) mass is 316 g/mol. The van der Waals surface area contributed by atoms with Crippen LogP contribution in [0.1, 0.15) is 38.2 Å². The van der Waals surface area contributed by atoms with E-state index in [1.54, 1.807) is 12.1 Å². The molecule has 1 atom stereocenters. The van der Waals surface area contributed by atoms with Crippen LogP contribution in [-0.4, -0.2) is 47.9 Å². The summed E-state index contributed by atoms with van der Waals surface area (Å²) < 4.78 is 13.6. The van der Waals surface area contributed by atoms with Gasteiger partial charge in [-0.3, -0.25) is 9.69 Å². The van der Waals surface area contributed by atoms with Crippen LogP contribution in [0.4, 0.5) is 4.39 Å². The Morgan fingerprint density at radius 1 is 1.22 bits per heavy atom. The highest BCUT2D eigenvalue weighted by atomic mass is 19.1. The molecule has 4 rings (SSSR count). The number of carbonyl (C=O) groups is 1. The number of amides is 1. The maximum Gasteiger partial charge on any atom is 0.233 e. The van der Waals surface area contributed by atoms with Crippen LogP contribution in [-0.2, 0) is 10.2 Å². The van der Waals surface area contributed by atoms with Gasteiger partial charge in [0, 0.05) is 32.2 Å². The fourth-order valence-corrected chi connectivity index (χ4v) is 4.06. The van der Waals surface area contributed by atoms with Gasteiger partial charge in [0.2, 0.25) is 5.91 Å². The molecule has 4 heteroatoms. The summed E-state index contributed by atoms with van der Waals surface area (Å²) in [7, 11) is 0. The van der Waals surface area contributed by atoms with Gasteiger partial charge in [0.1, 0.15) is 5.82 Å². The smallest absolute Gasteiger partial charge is 0.233 e. The molecular weight excluding hydrogens is 291 g/mol. The third-order valence-corrected chi connectivity index (χ3v) is 5.62. The Hall–Kier alpha value is -1.42. The molecule has 0 radical (unpaired) electrons. The summed E-state index contributed by atoms with van der Waals surface area (Å²) in [5, 5.41) is 0. The Kier molecular flexibility index (Phi) is 3.67. The first-order valence-electron chi connectivity index (χ1n) is 8.88. The Morgan fingerprint density at radius 3 is 2.65 bits per heavy atom. The van der Waals surface area contributed by atoms with Crippen LogP contribution in [0.25, 0.3) is 0 Å². The van der Waals surface area contributed by atoms with Gasteiger partial charge in [-0.1, -0.05) is 19.1 Å². The van der Waals surface area contributed by atoms with Gasteiger partial charge in [-0.2, -0.15) is 0 Å². The molecule has 1 aliphatic heterocycles. The van der Waals surface area contributed by atoms with Gasteiger partial charge in [-0.25, -0.2) is 4.39 Å². The number of benzene rings is 1. The van der Waals surface area contributed by atoms with Crippen molar-refractivity contribution in [2.45, 2.75) is 44.1 Å². The highest BCUT2D eigenvalue weighted by Crippen LogP contribution is 2.50. The molecule has 3 nitrogen and oxygen atoms in total. The largest absolute Gasteiger partial charge is 0.340 e. The Morgan fingerprint density at radius 2 is 2.00 bits per heavy atom. The standard InChI is InChI=1S/C19H25FN2O/c1-14-12-21(17-5-6-17)9-10-22(13-14)18(23)19(7-8-19)15-3-2-4-16(20)11-15/h2-4,11,14,17H,5-10,12-13H2,1H3. The van der Waals surface area contributed by atoms with E-state index in [1.165, 1.54) is 18.9 Å². The second kappa shape index (κ2) is 5.59. The molecule has 3 fully saturated rings. The van der Waals surface area contributed by atoms with Gasteiger partial charge in [-0.05, 0) is 49.3 Å². The molecule has 0 aromatic heterocycles.